The average molecular weight is 301 g/mol. The van der Waals surface area contributed by atoms with Gasteiger partial charge < -0.3 is 15.0 Å². The van der Waals surface area contributed by atoms with E-state index in [1.54, 1.807) is 12.1 Å². The van der Waals surface area contributed by atoms with E-state index in [0.29, 0.717) is 24.5 Å². The Balaban J connectivity index is 1.81. The molecule has 1 aliphatic rings. The van der Waals surface area contributed by atoms with E-state index in [1.807, 2.05) is 20.8 Å². The zero-order chi connectivity index (χ0) is 16.3. The second-order valence-electron chi connectivity index (χ2n) is 6.15. The van der Waals surface area contributed by atoms with Gasteiger partial charge in [0.25, 0.3) is 0 Å². The van der Waals surface area contributed by atoms with E-state index < -0.39 is 11.7 Å². The fourth-order valence-corrected chi connectivity index (χ4v) is 1.92. The number of pyridine rings is 1. The number of hydrogen-bond acceptors (Lipinski definition) is 4. The van der Waals surface area contributed by atoms with Crippen molar-refractivity contribution in [2.45, 2.75) is 26.4 Å². The molecule has 2 amide bonds. The Hall–Kier alpha value is -2.55. The Labute approximate surface area is 129 Å². The number of nitrogens with zero attached hydrogens (tertiary/aromatic N) is 2. The van der Waals surface area contributed by atoms with Gasteiger partial charge in [-0.1, -0.05) is 5.92 Å². The van der Waals surface area contributed by atoms with Crippen LogP contribution in [0.2, 0.25) is 0 Å². The summed E-state index contributed by atoms with van der Waals surface area (Å²) in [7, 11) is 0. The van der Waals surface area contributed by atoms with E-state index in [1.165, 1.54) is 11.1 Å². The van der Waals surface area contributed by atoms with Crippen molar-refractivity contribution in [3.05, 3.63) is 24.0 Å². The topological polar surface area (TPSA) is 71.5 Å². The molecular formula is C16H19N3O3. The average Bonchev–Trinajstić information content (AvgIpc) is 2.35. The summed E-state index contributed by atoms with van der Waals surface area (Å²) >= 11 is 0. The minimum Gasteiger partial charge on any atom is -0.444 e. The van der Waals surface area contributed by atoms with Gasteiger partial charge in [-0.15, -0.1) is 6.42 Å². The van der Waals surface area contributed by atoms with Crippen molar-refractivity contribution in [2.24, 2.45) is 5.92 Å². The summed E-state index contributed by atoms with van der Waals surface area (Å²) in [6.45, 7) is 6.14. The first-order valence-corrected chi connectivity index (χ1v) is 7.00. The summed E-state index contributed by atoms with van der Waals surface area (Å²) in [4.78, 5) is 29.3. The number of carbonyl (C=O) groups is 2. The first-order chi connectivity index (χ1) is 10.3. The molecule has 0 bridgehead atoms. The fraction of sp³-hybridized carbons (Fsp3) is 0.438. The normalized spacial score (nSPS) is 14.7. The van der Waals surface area contributed by atoms with Crippen molar-refractivity contribution in [1.29, 1.82) is 0 Å². The maximum atomic E-state index is 12.0. The monoisotopic (exact) mass is 301 g/mol. The molecule has 0 spiro atoms. The van der Waals surface area contributed by atoms with Crippen molar-refractivity contribution in [2.75, 3.05) is 18.4 Å². The lowest BCUT2D eigenvalue weighted by atomic mass is 10.00. The number of terminal acetylenes is 1. The molecule has 1 saturated heterocycles. The van der Waals surface area contributed by atoms with Crippen LogP contribution in [0, 0.1) is 18.3 Å². The second-order valence-corrected chi connectivity index (χ2v) is 6.15. The maximum absolute atomic E-state index is 12.0. The molecule has 1 N–H and O–H groups in total. The summed E-state index contributed by atoms with van der Waals surface area (Å²) < 4.78 is 5.24. The third-order valence-corrected chi connectivity index (χ3v) is 3.08. The van der Waals surface area contributed by atoms with Crippen LogP contribution in [0.1, 0.15) is 26.5 Å². The van der Waals surface area contributed by atoms with Crippen molar-refractivity contribution in [3.8, 4) is 12.3 Å². The zero-order valence-electron chi connectivity index (χ0n) is 12.9. The molecule has 0 saturated carbocycles. The van der Waals surface area contributed by atoms with Crippen LogP contribution in [-0.4, -0.2) is 40.6 Å². The van der Waals surface area contributed by atoms with Gasteiger partial charge >= 0.3 is 6.09 Å². The standard InChI is InChI=1S/C16H19N3O3/c1-5-12-6-7-13(8-17-12)18-14(20)11-9-19(10-11)15(21)22-16(2,3)4/h1,6-8,11H,9-10H2,2-4H3,(H,18,20). The highest BCUT2D eigenvalue weighted by atomic mass is 16.6. The Morgan fingerprint density at radius 2 is 2.09 bits per heavy atom. The number of likely N-dealkylation sites (tertiary alicyclic amines) is 1. The fourth-order valence-electron chi connectivity index (χ4n) is 1.92. The highest BCUT2D eigenvalue weighted by Crippen LogP contribution is 2.21. The van der Waals surface area contributed by atoms with Gasteiger partial charge in [-0.2, -0.15) is 0 Å². The quantitative estimate of drug-likeness (QED) is 0.847. The minimum atomic E-state index is -0.533. The summed E-state index contributed by atoms with van der Waals surface area (Å²) in [6.07, 6.45) is 6.34. The van der Waals surface area contributed by atoms with Crippen LogP contribution >= 0.6 is 0 Å². The number of carbonyl (C=O) groups excluding carboxylic acids is 2. The van der Waals surface area contributed by atoms with Crippen molar-refractivity contribution in [3.63, 3.8) is 0 Å². The van der Waals surface area contributed by atoms with Gasteiger partial charge in [0, 0.05) is 13.1 Å². The van der Waals surface area contributed by atoms with Gasteiger partial charge in [0.2, 0.25) is 5.91 Å². The number of ether oxygens (including phenoxy) is 1. The third kappa shape index (κ3) is 3.98. The first-order valence-electron chi connectivity index (χ1n) is 7.00. The third-order valence-electron chi connectivity index (χ3n) is 3.08. The van der Waals surface area contributed by atoms with E-state index in [4.69, 9.17) is 11.2 Å². The number of rotatable bonds is 2. The van der Waals surface area contributed by atoms with Crippen LogP contribution in [-0.2, 0) is 9.53 Å². The van der Waals surface area contributed by atoms with Crippen molar-refractivity contribution >= 4 is 17.7 Å². The van der Waals surface area contributed by atoms with Gasteiger partial charge in [0.15, 0.2) is 0 Å². The smallest absolute Gasteiger partial charge is 0.410 e. The largest absolute Gasteiger partial charge is 0.444 e. The van der Waals surface area contributed by atoms with Crippen LogP contribution in [0.3, 0.4) is 0 Å². The summed E-state index contributed by atoms with van der Waals surface area (Å²) in [5, 5.41) is 2.75. The number of hydrogen-bond donors (Lipinski definition) is 1. The predicted octanol–water partition coefficient (Wildman–Crippen LogP) is 1.87. The van der Waals surface area contributed by atoms with E-state index in [9.17, 15) is 9.59 Å². The van der Waals surface area contributed by atoms with Crippen LogP contribution < -0.4 is 5.32 Å². The molecule has 116 valence electrons. The highest BCUT2D eigenvalue weighted by Gasteiger charge is 2.37. The second kappa shape index (κ2) is 6.06. The molecule has 1 aliphatic heterocycles. The molecule has 0 radical (unpaired) electrons. The molecule has 0 atom stereocenters. The lowest BCUT2D eigenvalue weighted by Crippen LogP contribution is -2.55. The lowest BCUT2D eigenvalue weighted by Gasteiger charge is -2.38. The Morgan fingerprint density at radius 3 is 2.59 bits per heavy atom. The molecule has 0 aliphatic carbocycles. The number of aromatic nitrogens is 1. The Kier molecular flexibility index (Phi) is 4.36. The molecule has 22 heavy (non-hydrogen) atoms. The number of nitrogens with one attached hydrogen (secondary N) is 1. The minimum absolute atomic E-state index is 0.143. The molecular weight excluding hydrogens is 282 g/mol. The van der Waals surface area contributed by atoms with Gasteiger partial charge in [-0.3, -0.25) is 4.79 Å². The van der Waals surface area contributed by atoms with E-state index >= 15 is 0 Å². The van der Waals surface area contributed by atoms with Crippen LogP contribution in [0.4, 0.5) is 10.5 Å². The Bertz CT molecular complexity index is 605. The maximum Gasteiger partial charge on any atom is 0.410 e. The van der Waals surface area contributed by atoms with Crippen LogP contribution in [0.5, 0.6) is 0 Å². The van der Waals surface area contributed by atoms with E-state index in [2.05, 4.69) is 16.2 Å². The van der Waals surface area contributed by atoms with Gasteiger partial charge in [-0.05, 0) is 32.9 Å². The van der Waals surface area contributed by atoms with Crippen molar-refractivity contribution in [1.82, 2.24) is 9.88 Å². The molecule has 6 heteroatoms. The molecule has 2 heterocycles. The number of amides is 2. The van der Waals surface area contributed by atoms with Gasteiger partial charge in [-0.25, -0.2) is 9.78 Å². The molecule has 0 aromatic carbocycles. The highest BCUT2D eigenvalue weighted by molar-refractivity contribution is 5.94. The summed E-state index contributed by atoms with van der Waals surface area (Å²) in [5.74, 6) is 2.03. The zero-order valence-corrected chi connectivity index (χ0v) is 12.9. The van der Waals surface area contributed by atoms with Gasteiger partial charge in [0.05, 0.1) is 17.8 Å². The molecule has 1 aromatic heterocycles. The molecule has 6 nitrogen and oxygen atoms in total. The predicted molar refractivity (Wildman–Crippen MR) is 82.1 cm³/mol. The van der Waals surface area contributed by atoms with E-state index in [-0.39, 0.29) is 11.8 Å². The van der Waals surface area contributed by atoms with Gasteiger partial charge in [0.1, 0.15) is 11.3 Å². The SMILES string of the molecule is C#Cc1ccc(NC(=O)C2CN(C(=O)OC(C)(C)C)C2)cn1. The first kappa shape index (κ1) is 15.8. The summed E-state index contributed by atoms with van der Waals surface area (Å²) in [6, 6.07) is 3.35. The van der Waals surface area contributed by atoms with Crippen molar-refractivity contribution < 1.29 is 14.3 Å². The van der Waals surface area contributed by atoms with Crippen LogP contribution in [0.25, 0.3) is 0 Å². The van der Waals surface area contributed by atoms with E-state index in [0.717, 1.165) is 0 Å². The number of anilines is 1. The Morgan fingerprint density at radius 1 is 1.41 bits per heavy atom. The van der Waals surface area contributed by atoms with Crippen LogP contribution in [0.15, 0.2) is 18.3 Å². The molecule has 0 unspecified atom stereocenters. The molecule has 1 fully saturated rings. The summed E-state index contributed by atoms with van der Waals surface area (Å²) in [5.41, 5.74) is 0.562. The molecule has 1 aromatic rings. The lowest BCUT2D eigenvalue weighted by molar-refractivity contribution is -0.124. The molecule has 2 rings (SSSR count).